The zero-order valence-corrected chi connectivity index (χ0v) is 15.8. The predicted molar refractivity (Wildman–Crippen MR) is 102 cm³/mol. The van der Waals surface area contributed by atoms with Crippen LogP contribution in [0.2, 0.25) is 0 Å². The summed E-state index contributed by atoms with van der Waals surface area (Å²) in [7, 11) is 0. The summed E-state index contributed by atoms with van der Waals surface area (Å²) in [4.78, 5) is 0. The van der Waals surface area contributed by atoms with E-state index in [0.29, 0.717) is 0 Å². The molecule has 3 N–H and O–H groups in total. The molecule has 2 nitrogen and oxygen atoms in total. The van der Waals surface area contributed by atoms with Gasteiger partial charge in [-0.3, -0.25) is 0 Å². The van der Waals surface area contributed by atoms with Crippen LogP contribution in [0.1, 0.15) is 116 Å². The maximum Gasteiger partial charge on any atom is 0.102 e. The van der Waals surface area contributed by atoms with Gasteiger partial charge in [-0.1, -0.05) is 103 Å². The minimum Gasteiger partial charge on any atom is -0.379 e. The quantitative estimate of drug-likeness (QED) is 0.241. The largest absolute Gasteiger partial charge is 0.379 e. The average Bonchev–Trinajstić information content (AvgIpc) is 2.46. The van der Waals surface area contributed by atoms with Gasteiger partial charge in [-0.15, -0.1) is 12.4 Å². The van der Waals surface area contributed by atoms with Gasteiger partial charge in [0.1, 0.15) is 6.23 Å². The molecular formula is C19H42ClNO. The molecule has 0 bridgehead atoms. The fourth-order valence-electron chi connectivity index (χ4n) is 2.90. The van der Waals surface area contributed by atoms with Gasteiger partial charge in [-0.05, 0) is 12.8 Å². The van der Waals surface area contributed by atoms with E-state index in [2.05, 4.69) is 6.92 Å². The second-order valence-corrected chi connectivity index (χ2v) is 6.66. The first-order valence-electron chi connectivity index (χ1n) is 9.71. The van der Waals surface area contributed by atoms with Crippen molar-refractivity contribution in [3.05, 3.63) is 0 Å². The van der Waals surface area contributed by atoms with Gasteiger partial charge in [0.2, 0.25) is 0 Å². The zero-order chi connectivity index (χ0) is 15.6. The summed E-state index contributed by atoms with van der Waals surface area (Å²) >= 11 is 0. The van der Waals surface area contributed by atoms with Crippen molar-refractivity contribution < 1.29 is 5.11 Å². The molecule has 0 rings (SSSR count). The molecular weight excluding hydrogens is 294 g/mol. The monoisotopic (exact) mass is 335 g/mol. The van der Waals surface area contributed by atoms with Crippen molar-refractivity contribution in [2.75, 3.05) is 0 Å². The number of unbranched alkanes of at least 4 members (excludes halogenated alkanes) is 15. The van der Waals surface area contributed by atoms with Crippen molar-refractivity contribution in [2.24, 2.45) is 5.73 Å². The standard InChI is InChI=1S/C19H41NO.ClH/c1-2-3-4-5-6-7-8-9-10-11-12-13-14-15-16-17-18-19(20)21;/h19,21H,2-18,20H2,1H3;1H. The maximum absolute atomic E-state index is 8.95. The summed E-state index contributed by atoms with van der Waals surface area (Å²) in [6.45, 7) is 2.28. The molecule has 0 heterocycles. The highest BCUT2D eigenvalue weighted by Gasteiger charge is 1.96. The van der Waals surface area contributed by atoms with Crippen LogP contribution >= 0.6 is 12.4 Å². The van der Waals surface area contributed by atoms with Gasteiger partial charge >= 0.3 is 0 Å². The van der Waals surface area contributed by atoms with E-state index < -0.39 is 6.23 Å². The predicted octanol–water partition coefficient (Wildman–Crippen LogP) is 6.34. The summed E-state index contributed by atoms with van der Waals surface area (Å²) in [6.07, 6.45) is 22.3. The second-order valence-electron chi connectivity index (χ2n) is 6.66. The molecule has 0 amide bonds. The van der Waals surface area contributed by atoms with Gasteiger partial charge in [0, 0.05) is 0 Å². The SMILES string of the molecule is CCCCCCCCCCCCCCCCCCC(N)O.Cl. The molecule has 22 heavy (non-hydrogen) atoms. The van der Waals surface area contributed by atoms with Crippen LogP contribution in [-0.4, -0.2) is 11.3 Å². The molecule has 0 aromatic rings. The number of rotatable bonds is 17. The molecule has 0 aromatic heterocycles. The summed E-state index contributed by atoms with van der Waals surface area (Å²) in [5.41, 5.74) is 5.31. The molecule has 0 aromatic carbocycles. The summed E-state index contributed by atoms with van der Waals surface area (Å²) in [5.74, 6) is 0. The molecule has 0 radical (unpaired) electrons. The molecule has 1 atom stereocenters. The van der Waals surface area contributed by atoms with Crippen molar-refractivity contribution in [3.8, 4) is 0 Å². The van der Waals surface area contributed by atoms with Gasteiger partial charge in [0.25, 0.3) is 0 Å². The van der Waals surface area contributed by atoms with Gasteiger partial charge in [-0.25, -0.2) is 0 Å². The fourth-order valence-corrected chi connectivity index (χ4v) is 2.90. The Balaban J connectivity index is 0. The molecule has 0 spiro atoms. The van der Waals surface area contributed by atoms with Gasteiger partial charge in [0.05, 0.1) is 0 Å². The lowest BCUT2D eigenvalue weighted by molar-refractivity contribution is 0.168. The number of nitrogens with two attached hydrogens (primary N) is 1. The summed E-state index contributed by atoms with van der Waals surface area (Å²) < 4.78 is 0. The van der Waals surface area contributed by atoms with E-state index in [0.717, 1.165) is 12.8 Å². The summed E-state index contributed by atoms with van der Waals surface area (Å²) in [5, 5.41) is 8.95. The van der Waals surface area contributed by atoms with Crippen molar-refractivity contribution in [3.63, 3.8) is 0 Å². The normalized spacial score (nSPS) is 12.1. The van der Waals surface area contributed by atoms with Gasteiger partial charge in [0.15, 0.2) is 0 Å². The van der Waals surface area contributed by atoms with E-state index in [-0.39, 0.29) is 12.4 Å². The first-order valence-corrected chi connectivity index (χ1v) is 9.71. The van der Waals surface area contributed by atoms with E-state index in [4.69, 9.17) is 10.8 Å². The third-order valence-corrected chi connectivity index (χ3v) is 4.35. The van der Waals surface area contributed by atoms with Crippen LogP contribution in [0, 0.1) is 0 Å². The first-order chi connectivity index (χ1) is 10.3. The van der Waals surface area contributed by atoms with Crippen LogP contribution in [0.15, 0.2) is 0 Å². The van der Waals surface area contributed by atoms with E-state index >= 15 is 0 Å². The molecule has 0 saturated carbocycles. The van der Waals surface area contributed by atoms with Crippen LogP contribution in [-0.2, 0) is 0 Å². The highest BCUT2D eigenvalue weighted by atomic mass is 35.5. The fraction of sp³-hybridized carbons (Fsp3) is 1.00. The maximum atomic E-state index is 8.95. The minimum atomic E-state index is -0.600. The Kier molecular flexibility index (Phi) is 23.6. The lowest BCUT2D eigenvalue weighted by atomic mass is 10.0. The molecule has 0 aliphatic heterocycles. The molecule has 0 saturated heterocycles. The minimum absolute atomic E-state index is 0. The Hall–Kier alpha value is 0.210. The number of hydrogen-bond acceptors (Lipinski definition) is 2. The Morgan fingerprint density at radius 2 is 0.864 bits per heavy atom. The van der Waals surface area contributed by atoms with E-state index in [9.17, 15) is 0 Å². The highest BCUT2D eigenvalue weighted by molar-refractivity contribution is 5.85. The molecule has 0 aliphatic rings. The smallest absolute Gasteiger partial charge is 0.102 e. The topological polar surface area (TPSA) is 46.2 Å². The number of halogens is 1. The van der Waals surface area contributed by atoms with Crippen LogP contribution < -0.4 is 5.73 Å². The van der Waals surface area contributed by atoms with Crippen LogP contribution in [0.25, 0.3) is 0 Å². The molecule has 3 heteroatoms. The third kappa shape index (κ3) is 22.5. The van der Waals surface area contributed by atoms with Crippen LogP contribution in [0.5, 0.6) is 0 Å². The second kappa shape index (κ2) is 21.2. The van der Waals surface area contributed by atoms with Crippen molar-refractivity contribution in [2.45, 2.75) is 122 Å². The van der Waals surface area contributed by atoms with Crippen molar-refractivity contribution in [1.82, 2.24) is 0 Å². The van der Waals surface area contributed by atoms with E-state index in [1.807, 2.05) is 0 Å². The average molecular weight is 336 g/mol. The first kappa shape index (κ1) is 24.5. The number of hydrogen-bond donors (Lipinski definition) is 2. The Labute approximate surface area is 146 Å². The Bertz CT molecular complexity index is 188. The van der Waals surface area contributed by atoms with E-state index in [1.54, 1.807) is 0 Å². The van der Waals surface area contributed by atoms with Gasteiger partial charge in [-0.2, -0.15) is 0 Å². The summed E-state index contributed by atoms with van der Waals surface area (Å²) in [6, 6.07) is 0. The molecule has 136 valence electrons. The van der Waals surface area contributed by atoms with Crippen LogP contribution in [0.4, 0.5) is 0 Å². The van der Waals surface area contributed by atoms with Crippen molar-refractivity contribution in [1.29, 1.82) is 0 Å². The lowest BCUT2D eigenvalue weighted by Crippen LogP contribution is -2.17. The van der Waals surface area contributed by atoms with Crippen molar-refractivity contribution >= 4 is 12.4 Å². The van der Waals surface area contributed by atoms with Crippen LogP contribution in [0.3, 0.4) is 0 Å². The molecule has 0 aliphatic carbocycles. The van der Waals surface area contributed by atoms with Gasteiger partial charge < -0.3 is 10.8 Å². The highest BCUT2D eigenvalue weighted by Crippen LogP contribution is 2.14. The third-order valence-electron chi connectivity index (χ3n) is 4.35. The molecule has 0 fully saturated rings. The Morgan fingerprint density at radius 3 is 1.14 bits per heavy atom. The zero-order valence-electron chi connectivity index (χ0n) is 15.0. The van der Waals surface area contributed by atoms with E-state index in [1.165, 1.54) is 96.3 Å². The lowest BCUT2D eigenvalue weighted by Gasteiger charge is -2.04. The Morgan fingerprint density at radius 1 is 0.591 bits per heavy atom. The molecule has 1 unspecified atom stereocenters. The number of aliphatic hydroxyl groups excluding tert-OH is 1. The number of aliphatic hydroxyl groups is 1.